The van der Waals surface area contributed by atoms with Crippen LogP contribution in [0.3, 0.4) is 0 Å². The minimum absolute atomic E-state index is 0.199. The number of nitrogens with zero attached hydrogens (tertiary/aromatic N) is 2. The Labute approximate surface area is 179 Å². The second kappa shape index (κ2) is 10.2. The first kappa shape index (κ1) is 21.8. The SMILES string of the molecule is COc1ccc(-c2noc(CCCC(=O)Nc3cc(OC)ccc3NC(C)=O)n2)cc1. The molecule has 3 aromatic rings. The summed E-state index contributed by atoms with van der Waals surface area (Å²) >= 11 is 0. The highest BCUT2D eigenvalue weighted by Crippen LogP contribution is 2.27. The summed E-state index contributed by atoms with van der Waals surface area (Å²) < 4.78 is 15.6. The lowest BCUT2D eigenvalue weighted by Gasteiger charge is -2.13. The molecule has 162 valence electrons. The average molecular weight is 424 g/mol. The Morgan fingerprint density at radius 2 is 1.68 bits per heavy atom. The topological polar surface area (TPSA) is 116 Å². The normalized spacial score (nSPS) is 10.4. The number of nitrogens with one attached hydrogen (secondary N) is 2. The van der Waals surface area contributed by atoms with E-state index in [2.05, 4.69) is 20.8 Å². The Bertz CT molecular complexity index is 1050. The Morgan fingerprint density at radius 1 is 0.968 bits per heavy atom. The van der Waals surface area contributed by atoms with Crippen molar-refractivity contribution in [2.75, 3.05) is 24.9 Å². The summed E-state index contributed by atoms with van der Waals surface area (Å²) in [4.78, 5) is 28.1. The molecule has 2 aromatic carbocycles. The Kier molecular flexibility index (Phi) is 7.21. The zero-order valence-electron chi connectivity index (χ0n) is 17.6. The van der Waals surface area contributed by atoms with Gasteiger partial charge in [0, 0.05) is 31.4 Å². The van der Waals surface area contributed by atoms with Gasteiger partial charge in [-0.1, -0.05) is 5.16 Å². The molecule has 3 rings (SSSR count). The van der Waals surface area contributed by atoms with Crippen molar-refractivity contribution in [3.63, 3.8) is 0 Å². The fraction of sp³-hybridized carbons (Fsp3) is 0.273. The second-order valence-electron chi connectivity index (χ2n) is 6.73. The van der Waals surface area contributed by atoms with E-state index in [9.17, 15) is 9.59 Å². The highest BCUT2D eigenvalue weighted by Gasteiger charge is 2.12. The number of benzene rings is 2. The first-order chi connectivity index (χ1) is 15.0. The maximum atomic E-state index is 12.4. The molecule has 0 radical (unpaired) electrons. The van der Waals surface area contributed by atoms with Crippen molar-refractivity contribution in [3.05, 3.63) is 48.4 Å². The Balaban J connectivity index is 1.55. The minimum atomic E-state index is -0.232. The first-order valence-corrected chi connectivity index (χ1v) is 9.71. The number of rotatable bonds is 9. The van der Waals surface area contributed by atoms with Crippen LogP contribution in [0.15, 0.2) is 47.0 Å². The first-order valence-electron chi connectivity index (χ1n) is 9.71. The molecule has 0 unspecified atom stereocenters. The zero-order valence-corrected chi connectivity index (χ0v) is 17.6. The molecule has 1 heterocycles. The van der Waals surface area contributed by atoms with Gasteiger partial charge in [0.15, 0.2) is 0 Å². The number of amides is 2. The molecule has 0 aliphatic heterocycles. The van der Waals surface area contributed by atoms with Crippen LogP contribution in [0.1, 0.15) is 25.7 Å². The number of hydrogen-bond donors (Lipinski definition) is 2. The van der Waals surface area contributed by atoms with Crippen molar-refractivity contribution in [1.82, 2.24) is 10.1 Å². The lowest BCUT2D eigenvalue weighted by atomic mass is 10.2. The van der Waals surface area contributed by atoms with Crippen molar-refractivity contribution in [3.8, 4) is 22.9 Å². The van der Waals surface area contributed by atoms with E-state index in [0.29, 0.717) is 41.7 Å². The van der Waals surface area contributed by atoms with Crippen LogP contribution in [-0.2, 0) is 16.0 Å². The smallest absolute Gasteiger partial charge is 0.226 e. The van der Waals surface area contributed by atoms with Crippen LogP contribution in [0.5, 0.6) is 11.5 Å². The molecule has 0 saturated carbocycles. The summed E-state index contributed by atoms with van der Waals surface area (Å²) in [7, 11) is 3.14. The van der Waals surface area contributed by atoms with Crippen LogP contribution in [0, 0.1) is 0 Å². The molecule has 9 nitrogen and oxygen atoms in total. The number of anilines is 2. The minimum Gasteiger partial charge on any atom is -0.497 e. The van der Waals surface area contributed by atoms with Crippen molar-refractivity contribution >= 4 is 23.2 Å². The van der Waals surface area contributed by atoms with Gasteiger partial charge in [0.1, 0.15) is 11.5 Å². The average Bonchev–Trinajstić information content (AvgIpc) is 3.23. The molecule has 1 aromatic heterocycles. The van der Waals surface area contributed by atoms with E-state index < -0.39 is 0 Å². The third-order valence-electron chi connectivity index (χ3n) is 4.42. The summed E-state index contributed by atoms with van der Waals surface area (Å²) in [6.07, 6.45) is 1.24. The third-order valence-corrected chi connectivity index (χ3v) is 4.42. The van der Waals surface area contributed by atoms with E-state index in [1.807, 2.05) is 24.3 Å². The van der Waals surface area contributed by atoms with Gasteiger partial charge in [-0.15, -0.1) is 0 Å². The second-order valence-corrected chi connectivity index (χ2v) is 6.73. The van der Waals surface area contributed by atoms with Gasteiger partial charge in [0.25, 0.3) is 0 Å². The number of aromatic nitrogens is 2. The van der Waals surface area contributed by atoms with E-state index in [4.69, 9.17) is 14.0 Å². The van der Waals surface area contributed by atoms with Gasteiger partial charge < -0.3 is 24.6 Å². The molecule has 2 N–H and O–H groups in total. The Morgan fingerprint density at radius 3 is 2.35 bits per heavy atom. The van der Waals surface area contributed by atoms with E-state index in [-0.39, 0.29) is 18.2 Å². The molecule has 0 aliphatic carbocycles. The summed E-state index contributed by atoms with van der Waals surface area (Å²) in [5.41, 5.74) is 1.79. The quantitative estimate of drug-likeness (QED) is 0.538. The van der Waals surface area contributed by atoms with Crippen LogP contribution in [0.25, 0.3) is 11.4 Å². The Hall–Kier alpha value is -3.88. The standard InChI is InChI=1S/C22H24N4O5/c1-14(27)23-18-12-11-17(30-3)13-19(18)24-20(28)5-4-6-21-25-22(26-31-21)15-7-9-16(29-2)10-8-15/h7-13H,4-6H2,1-3H3,(H,23,27)(H,24,28). The number of methoxy groups -OCH3 is 2. The molecular weight excluding hydrogens is 400 g/mol. The van der Waals surface area contributed by atoms with Gasteiger partial charge in [0.05, 0.1) is 25.6 Å². The van der Waals surface area contributed by atoms with E-state index in [0.717, 1.165) is 11.3 Å². The van der Waals surface area contributed by atoms with Gasteiger partial charge in [0.2, 0.25) is 23.5 Å². The van der Waals surface area contributed by atoms with Gasteiger partial charge in [-0.2, -0.15) is 4.98 Å². The number of ether oxygens (including phenoxy) is 2. The highest BCUT2D eigenvalue weighted by molar-refractivity contribution is 5.99. The maximum absolute atomic E-state index is 12.4. The van der Waals surface area contributed by atoms with Gasteiger partial charge in [-0.25, -0.2) is 0 Å². The summed E-state index contributed by atoms with van der Waals surface area (Å²) in [5.74, 6) is 1.83. The predicted octanol–water partition coefficient (Wildman–Crippen LogP) is 3.67. The lowest BCUT2D eigenvalue weighted by Crippen LogP contribution is -2.15. The predicted molar refractivity (Wildman–Crippen MR) is 115 cm³/mol. The molecule has 0 fully saturated rings. The number of carbonyl (C=O) groups is 2. The number of hydrogen-bond acceptors (Lipinski definition) is 7. The van der Waals surface area contributed by atoms with Gasteiger partial charge >= 0.3 is 0 Å². The maximum Gasteiger partial charge on any atom is 0.226 e. The number of aryl methyl sites for hydroxylation is 1. The molecule has 0 bridgehead atoms. The fourth-order valence-corrected chi connectivity index (χ4v) is 2.88. The molecule has 0 spiro atoms. The van der Waals surface area contributed by atoms with Crippen LogP contribution in [0.4, 0.5) is 11.4 Å². The molecule has 0 aliphatic rings. The largest absolute Gasteiger partial charge is 0.497 e. The van der Waals surface area contributed by atoms with E-state index in [1.165, 1.54) is 14.0 Å². The zero-order chi connectivity index (χ0) is 22.2. The van der Waals surface area contributed by atoms with Crippen LogP contribution < -0.4 is 20.1 Å². The fourth-order valence-electron chi connectivity index (χ4n) is 2.88. The molecule has 31 heavy (non-hydrogen) atoms. The molecule has 2 amide bonds. The monoisotopic (exact) mass is 424 g/mol. The van der Waals surface area contributed by atoms with Crippen molar-refractivity contribution < 1.29 is 23.6 Å². The van der Waals surface area contributed by atoms with Gasteiger partial charge in [-0.3, -0.25) is 9.59 Å². The highest BCUT2D eigenvalue weighted by atomic mass is 16.5. The molecule has 0 atom stereocenters. The summed E-state index contributed by atoms with van der Waals surface area (Å²) in [5, 5.41) is 9.48. The van der Waals surface area contributed by atoms with Crippen LogP contribution in [-0.4, -0.2) is 36.2 Å². The molecule has 0 saturated heterocycles. The van der Waals surface area contributed by atoms with Crippen molar-refractivity contribution in [2.24, 2.45) is 0 Å². The van der Waals surface area contributed by atoms with E-state index >= 15 is 0 Å². The molecular formula is C22H24N4O5. The van der Waals surface area contributed by atoms with Crippen LogP contribution >= 0.6 is 0 Å². The third kappa shape index (κ3) is 6.05. The van der Waals surface area contributed by atoms with Crippen molar-refractivity contribution in [2.45, 2.75) is 26.2 Å². The summed E-state index contributed by atoms with van der Waals surface area (Å²) in [6, 6.07) is 12.4. The van der Waals surface area contributed by atoms with Crippen LogP contribution in [0.2, 0.25) is 0 Å². The number of carbonyl (C=O) groups excluding carboxylic acids is 2. The molecule has 9 heteroatoms. The lowest BCUT2D eigenvalue weighted by molar-refractivity contribution is -0.116. The van der Waals surface area contributed by atoms with E-state index in [1.54, 1.807) is 25.3 Å². The summed E-state index contributed by atoms with van der Waals surface area (Å²) in [6.45, 7) is 1.40. The van der Waals surface area contributed by atoms with Crippen molar-refractivity contribution in [1.29, 1.82) is 0 Å². The van der Waals surface area contributed by atoms with Gasteiger partial charge in [-0.05, 0) is 42.8 Å².